The molecule has 2 aromatic rings. The molecule has 4 nitrogen and oxygen atoms in total. The third kappa shape index (κ3) is 12.1. The zero-order valence-electron chi connectivity index (χ0n) is 29.0. The second kappa shape index (κ2) is 15.2. The Hall–Kier alpha value is -1.49. The first-order chi connectivity index (χ1) is 19.7. The Labute approximate surface area is 272 Å². The van der Waals surface area contributed by atoms with Crippen molar-refractivity contribution < 1.29 is 18.7 Å². The molecule has 2 rings (SSSR count). The minimum atomic E-state index is -0.738. The van der Waals surface area contributed by atoms with Gasteiger partial charge in [0.25, 0.3) is 0 Å². The largest absolute Gasteiger partial charge is 0.488 e. The first-order valence-electron chi connectivity index (χ1n) is 15.6. The number of hydrogen-bond acceptors (Lipinski definition) is 5. The summed E-state index contributed by atoms with van der Waals surface area (Å²) in [6.45, 7) is 28.6. The lowest BCUT2D eigenvalue weighted by atomic mass is 9.85. The van der Waals surface area contributed by atoms with E-state index in [0.717, 1.165) is 23.3 Å². The van der Waals surface area contributed by atoms with Gasteiger partial charge in [-0.25, -0.2) is 0 Å². The molecule has 7 heteroatoms. The van der Waals surface area contributed by atoms with Crippen LogP contribution in [0.15, 0.2) is 47.9 Å². The molecule has 0 fully saturated rings. The van der Waals surface area contributed by atoms with Gasteiger partial charge in [-0.3, -0.25) is 0 Å². The Morgan fingerprint density at radius 1 is 0.814 bits per heavy atom. The number of hydrogen-bond donors (Lipinski definition) is 1. The molecule has 0 saturated carbocycles. The molecule has 0 bridgehead atoms. The van der Waals surface area contributed by atoms with Gasteiger partial charge in [0.05, 0.1) is 16.8 Å². The van der Waals surface area contributed by atoms with E-state index < -0.39 is 16.8 Å². The van der Waals surface area contributed by atoms with Crippen LogP contribution in [0.4, 0.5) is 0 Å². The zero-order chi connectivity index (χ0) is 32.7. The number of rotatable bonds is 15. The van der Waals surface area contributed by atoms with Crippen LogP contribution in [0.25, 0.3) is 5.57 Å². The van der Waals surface area contributed by atoms with Crippen molar-refractivity contribution in [3.05, 3.63) is 69.4 Å². The molecule has 0 spiro atoms. The molecule has 4 radical (unpaired) electrons. The highest BCUT2D eigenvalue weighted by atomic mass is 32.1. The minimum Gasteiger partial charge on any atom is -0.488 e. The molecule has 238 valence electrons. The maximum Gasteiger partial charge on any atom is 0.236 e. The zero-order valence-corrected chi connectivity index (χ0v) is 31.8. The summed E-state index contributed by atoms with van der Waals surface area (Å²) in [5.41, 5.74) is 2.95. The lowest BCUT2D eigenvalue weighted by Gasteiger charge is -2.37. The monoisotopic (exact) mass is 640 g/mol. The molecule has 1 aromatic heterocycles. The number of benzene rings is 1. The Balaban J connectivity index is 2.32. The maximum absolute atomic E-state index is 10.6. The molecular weight excluding hydrogens is 585 g/mol. The lowest BCUT2D eigenvalue weighted by Crippen LogP contribution is -2.34. The van der Waals surface area contributed by atoms with Gasteiger partial charge in [-0.1, -0.05) is 86.6 Å². The second-order valence-electron chi connectivity index (χ2n) is 14.4. The fourth-order valence-corrected chi connectivity index (χ4v) is 6.50. The second-order valence-corrected chi connectivity index (χ2v) is 19.3. The number of aliphatic hydroxyl groups is 1. The van der Waals surface area contributed by atoms with Gasteiger partial charge in [0.1, 0.15) is 12.4 Å². The van der Waals surface area contributed by atoms with Gasteiger partial charge in [-0.2, -0.15) is 0 Å². The van der Waals surface area contributed by atoms with Gasteiger partial charge in [-0.05, 0) is 103 Å². The summed E-state index contributed by atoms with van der Waals surface area (Å²) in [6, 6.07) is 8.58. The molecule has 0 atom stereocenters. The van der Waals surface area contributed by atoms with Crippen LogP contribution in [0.2, 0.25) is 10.1 Å². The molecule has 1 heterocycles. The molecule has 0 aliphatic rings. The SMILES string of the molecule is CCC(=CC=CC(O)(CC)CC)c1csc(COc2ccc(C(C)(C)O[Si]C(C)(C)C)c(C(C)(C)O[Si]C(C)(C)C)c2)c1. The van der Waals surface area contributed by atoms with E-state index in [4.69, 9.17) is 13.6 Å². The van der Waals surface area contributed by atoms with Crippen molar-refractivity contribution in [2.24, 2.45) is 0 Å². The van der Waals surface area contributed by atoms with Crippen LogP contribution in [0.3, 0.4) is 0 Å². The molecule has 1 N–H and O–H groups in total. The van der Waals surface area contributed by atoms with E-state index in [1.807, 2.05) is 26.0 Å². The van der Waals surface area contributed by atoms with Crippen molar-refractivity contribution in [1.82, 2.24) is 0 Å². The molecule has 43 heavy (non-hydrogen) atoms. The predicted octanol–water partition coefficient (Wildman–Crippen LogP) is 10.4. The average Bonchev–Trinajstić information content (AvgIpc) is 3.40. The third-order valence-corrected chi connectivity index (χ3v) is 10.6. The van der Waals surface area contributed by atoms with E-state index in [9.17, 15) is 5.11 Å². The van der Waals surface area contributed by atoms with Crippen LogP contribution >= 0.6 is 11.3 Å². The van der Waals surface area contributed by atoms with Gasteiger partial charge < -0.3 is 18.7 Å². The normalized spacial score (nSPS) is 14.1. The highest BCUT2D eigenvalue weighted by Crippen LogP contribution is 2.40. The summed E-state index contributed by atoms with van der Waals surface area (Å²) in [6.07, 6.45) is 8.38. The van der Waals surface area contributed by atoms with Crippen LogP contribution < -0.4 is 4.74 Å². The fraction of sp³-hybridized carbons (Fsp3) is 0.611. The maximum atomic E-state index is 10.6. The van der Waals surface area contributed by atoms with Crippen LogP contribution in [0, 0.1) is 0 Å². The Morgan fingerprint density at radius 2 is 1.37 bits per heavy atom. The summed E-state index contributed by atoms with van der Waals surface area (Å²) in [7, 11) is 0.734. The fourth-order valence-electron chi connectivity index (χ4n) is 4.33. The van der Waals surface area contributed by atoms with Crippen molar-refractivity contribution in [3.8, 4) is 5.75 Å². The van der Waals surface area contributed by atoms with E-state index >= 15 is 0 Å². The minimum absolute atomic E-state index is 0.0802. The average molecular weight is 641 g/mol. The van der Waals surface area contributed by atoms with E-state index in [1.54, 1.807) is 11.3 Å². The lowest BCUT2D eigenvalue weighted by molar-refractivity contribution is 0.0826. The van der Waals surface area contributed by atoms with Crippen LogP contribution in [0.5, 0.6) is 5.75 Å². The van der Waals surface area contributed by atoms with Crippen LogP contribution in [-0.4, -0.2) is 30.2 Å². The Kier molecular flexibility index (Phi) is 13.3. The number of allylic oxidation sites excluding steroid dienone is 3. The third-order valence-electron chi connectivity index (χ3n) is 7.23. The first kappa shape index (κ1) is 37.7. The van der Waals surface area contributed by atoms with Crippen molar-refractivity contribution in [1.29, 1.82) is 0 Å². The topological polar surface area (TPSA) is 47.9 Å². The van der Waals surface area contributed by atoms with E-state index in [1.165, 1.54) is 16.0 Å². The summed E-state index contributed by atoms with van der Waals surface area (Å²) in [4.78, 5) is 1.17. The first-order valence-corrected chi connectivity index (χ1v) is 18.3. The molecule has 0 amide bonds. The quantitative estimate of drug-likeness (QED) is 0.155. The van der Waals surface area contributed by atoms with Crippen molar-refractivity contribution in [3.63, 3.8) is 0 Å². The van der Waals surface area contributed by atoms with Gasteiger partial charge >= 0.3 is 0 Å². The molecule has 0 unspecified atom stereocenters. The smallest absolute Gasteiger partial charge is 0.236 e. The van der Waals surface area contributed by atoms with Crippen LogP contribution in [0.1, 0.15) is 131 Å². The van der Waals surface area contributed by atoms with E-state index in [-0.39, 0.29) is 10.1 Å². The van der Waals surface area contributed by atoms with Gasteiger partial charge in [0.2, 0.25) is 19.5 Å². The molecule has 0 aliphatic heterocycles. The van der Waals surface area contributed by atoms with Gasteiger partial charge in [0, 0.05) is 4.88 Å². The highest BCUT2D eigenvalue weighted by Gasteiger charge is 2.34. The van der Waals surface area contributed by atoms with Crippen molar-refractivity contribution in [2.45, 2.75) is 143 Å². The van der Waals surface area contributed by atoms with E-state index in [0.29, 0.717) is 39.0 Å². The van der Waals surface area contributed by atoms with E-state index in [2.05, 4.69) is 112 Å². The van der Waals surface area contributed by atoms with Crippen molar-refractivity contribution in [2.75, 3.05) is 0 Å². The van der Waals surface area contributed by atoms with Crippen LogP contribution in [-0.2, 0) is 26.7 Å². The highest BCUT2D eigenvalue weighted by molar-refractivity contribution is 7.10. The molecule has 0 saturated heterocycles. The number of ether oxygens (including phenoxy) is 1. The van der Waals surface area contributed by atoms with Gasteiger partial charge in [0.15, 0.2) is 0 Å². The Morgan fingerprint density at radius 3 is 1.88 bits per heavy atom. The molecule has 0 aliphatic carbocycles. The summed E-state index contributed by atoms with van der Waals surface area (Å²) in [5.74, 6) is 0.825. The molecular formula is C36H56O4SSi2. The standard InChI is InChI=1S/C36H56O4SSi2/c1-14-26(18-17-21-36(37,15-2)16-3)27-22-29(41-25-27)24-38-28-19-20-30(34(10,11)39-42-32(4,5)6)31(23-28)35(12,13)40-43-33(7,8)9/h17-23,25,37H,14-16,24H2,1-13H3. The predicted molar refractivity (Wildman–Crippen MR) is 187 cm³/mol. The van der Waals surface area contributed by atoms with Gasteiger partial charge in [-0.15, -0.1) is 11.3 Å². The van der Waals surface area contributed by atoms with Crippen molar-refractivity contribution >= 4 is 36.4 Å². The summed E-state index contributed by atoms with van der Waals surface area (Å²) in [5, 5.41) is 12.9. The Bertz CT molecular complexity index is 1220. The number of thiophene rings is 1. The molecule has 1 aromatic carbocycles. The summed E-state index contributed by atoms with van der Waals surface area (Å²) < 4.78 is 19.5. The summed E-state index contributed by atoms with van der Waals surface area (Å²) >= 11 is 1.72.